The Bertz CT molecular complexity index is 971. The fraction of sp³-hybridized carbons (Fsp3) is 0.250. The van der Waals surface area contributed by atoms with Gasteiger partial charge in [-0.3, -0.25) is 4.79 Å². The Morgan fingerprint density at radius 1 is 1.17 bits per heavy atom. The largest absolute Gasteiger partial charge is 0.361 e. The number of fused-ring (bicyclic) bond motifs is 2. The van der Waals surface area contributed by atoms with Crippen LogP contribution in [0.15, 0.2) is 48.7 Å². The van der Waals surface area contributed by atoms with Gasteiger partial charge in [-0.1, -0.05) is 29.8 Å². The van der Waals surface area contributed by atoms with Gasteiger partial charge in [0.15, 0.2) is 0 Å². The number of aromatic amines is 1. The number of halogens is 1. The van der Waals surface area contributed by atoms with Gasteiger partial charge in [-0.15, -0.1) is 0 Å². The highest BCUT2D eigenvalue weighted by Crippen LogP contribution is 2.53. The van der Waals surface area contributed by atoms with E-state index in [1.807, 2.05) is 41.4 Å². The minimum absolute atomic E-state index is 0.230. The summed E-state index contributed by atoms with van der Waals surface area (Å²) in [5.41, 5.74) is 4.08. The van der Waals surface area contributed by atoms with E-state index in [2.05, 4.69) is 17.1 Å². The van der Waals surface area contributed by atoms with E-state index in [0.29, 0.717) is 5.02 Å². The standard InChI is InChI=1S/C20H17ClN2O/c21-14-5-6-17-15(11-14)16(12-22-17)20(8-9-20)19(24)23-10-7-13-3-1-2-4-18(13)23/h1-6,11-12,22H,7-10H2. The lowest BCUT2D eigenvalue weighted by Crippen LogP contribution is -2.38. The van der Waals surface area contributed by atoms with Crippen molar-refractivity contribution < 1.29 is 4.79 Å². The van der Waals surface area contributed by atoms with E-state index in [1.54, 1.807) is 0 Å². The zero-order chi connectivity index (χ0) is 16.3. The number of H-pyrrole nitrogens is 1. The summed E-state index contributed by atoms with van der Waals surface area (Å²) >= 11 is 6.18. The van der Waals surface area contributed by atoms with Crippen molar-refractivity contribution in [1.82, 2.24) is 4.98 Å². The molecule has 120 valence electrons. The lowest BCUT2D eigenvalue weighted by molar-refractivity contribution is -0.120. The molecule has 1 fully saturated rings. The molecule has 24 heavy (non-hydrogen) atoms. The Morgan fingerprint density at radius 2 is 2.00 bits per heavy atom. The number of hydrogen-bond acceptors (Lipinski definition) is 1. The monoisotopic (exact) mass is 336 g/mol. The SMILES string of the molecule is O=C(N1CCc2ccccc21)C1(c2c[nH]c3ccc(Cl)cc23)CC1. The molecule has 0 atom stereocenters. The molecule has 0 bridgehead atoms. The number of anilines is 1. The van der Waals surface area contributed by atoms with E-state index in [1.165, 1.54) is 5.56 Å². The Balaban J connectivity index is 1.59. The summed E-state index contributed by atoms with van der Waals surface area (Å²) in [7, 11) is 0. The second kappa shape index (κ2) is 4.87. The second-order valence-corrected chi connectivity index (χ2v) is 7.25. The van der Waals surface area contributed by atoms with Crippen LogP contribution in [0.5, 0.6) is 0 Å². The van der Waals surface area contributed by atoms with Gasteiger partial charge in [-0.25, -0.2) is 0 Å². The van der Waals surface area contributed by atoms with E-state index in [4.69, 9.17) is 11.6 Å². The first-order valence-electron chi connectivity index (χ1n) is 8.36. The molecule has 3 nitrogen and oxygen atoms in total. The fourth-order valence-corrected chi connectivity index (χ4v) is 4.19. The highest BCUT2D eigenvalue weighted by molar-refractivity contribution is 6.31. The molecular weight excluding hydrogens is 320 g/mol. The molecule has 0 radical (unpaired) electrons. The second-order valence-electron chi connectivity index (χ2n) is 6.81. The van der Waals surface area contributed by atoms with Crippen LogP contribution in [0.2, 0.25) is 5.02 Å². The van der Waals surface area contributed by atoms with E-state index in [0.717, 1.165) is 48.0 Å². The Labute approximate surface area is 145 Å². The van der Waals surface area contributed by atoms with Crippen LogP contribution in [0, 0.1) is 0 Å². The van der Waals surface area contributed by atoms with Crippen LogP contribution in [-0.2, 0) is 16.6 Å². The van der Waals surface area contributed by atoms with E-state index >= 15 is 0 Å². The third-order valence-electron chi connectivity index (χ3n) is 5.45. The molecule has 1 N–H and O–H groups in total. The summed E-state index contributed by atoms with van der Waals surface area (Å²) in [5.74, 6) is 0.230. The molecular formula is C20H17ClN2O. The van der Waals surface area contributed by atoms with Crippen LogP contribution in [-0.4, -0.2) is 17.4 Å². The summed E-state index contributed by atoms with van der Waals surface area (Å²) in [6.07, 6.45) is 4.75. The maximum Gasteiger partial charge on any atom is 0.237 e. The number of hydrogen-bond donors (Lipinski definition) is 1. The molecule has 0 spiro atoms. The molecule has 1 aliphatic carbocycles. The van der Waals surface area contributed by atoms with Gasteiger partial charge in [0.2, 0.25) is 5.91 Å². The normalized spacial score (nSPS) is 18.0. The van der Waals surface area contributed by atoms with Gasteiger partial charge in [0.05, 0.1) is 5.41 Å². The Hall–Kier alpha value is -2.26. The lowest BCUT2D eigenvalue weighted by atomic mass is 9.93. The van der Waals surface area contributed by atoms with Crippen molar-refractivity contribution >= 4 is 34.1 Å². The smallest absolute Gasteiger partial charge is 0.237 e. The number of amides is 1. The van der Waals surface area contributed by atoms with Crippen molar-refractivity contribution in [2.45, 2.75) is 24.7 Å². The van der Waals surface area contributed by atoms with Gasteiger partial charge < -0.3 is 9.88 Å². The number of para-hydroxylation sites is 1. The van der Waals surface area contributed by atoms with Crippen LogP contribution in [0.1, 0.15) is 24.0 Å². The van der Waals surface area contributed by atoms with Crippen molar-refractivity contribution in [3.8, 4) is 0 Å². The summed E-state index contributed by atoms with van der Waals surface area (Å²) < 4.78 is 0. The van der Waals surface area contributed by atoms with Gasteiger partial charge in [0, 0.05) is 34.4 Å². The highest BCUT2D eigenvalue weighted by Gasteiger charge is 2.55. The third kappa shape index (κ3) is 1.88. The maximum atomic E-state index is 13.4. The number of carbonyl (C=O) groups excluding carboxylic acids is 1. The number of benzene rings is 2. The summed E-state index contributed by atoms with van der Waals surface area (Å²) in [6.45, 7) is 0.781. The fourth-order valence-electron chi connectivity index (χ4n) is 4.02. The van der Waals surface area contributed by atoms with Crippen molar-refractivity contribution in [2.24, 2.45) is 0 Å². The molecule has 0 saturated heterocycles. The Morgan fingerprint density at radius 3 is 2.83 bits per heavy atom. The predicted molar refractivity (Wildman–Crippen MR) is 96.7 cm³/mol. The molecule has 1 aromatic heterocycles. The zero-order valence-electron chi connectivity index (χ0n) is 13.2. The van der Waals surface area contributed by atoms with Crippen LogP contribution >= 0.6 is 11.6 Å². The first-order valence-corrected chi connectivity index (χ1v) is 8.74. The number of rotatable bonds is 2. The molecule has 1 amide bonds. The van der Waals surface area contributed by atoms with Crippen LogP contribution in [0.3, 0.4) is 0 Å². The summed E-state index contributed by atoms with van der Waals surface area (Å²) in [4.78, 5) is 18.7. The lowest BCUT2D eigenvalue weighted by Gasteiger charge is -2.24. The molecule has 1 saturated carbocycles. The van der Waals surface area contributed by atoms with Crippen LogP contribution < -0.4 is 4.90 Å². The minimum Gasteiger partial charge on any atom is -0.361 e. The minimum atomic E-state index is -0.389. The quantitative estimate of drug-likeness (QED) is 0.737. The molecule has 0 unspecified atom stereocenters. The molecule has 1 aliphatic heterocycles. The summed E-state index contributed by atoms with van der Waals surface area (Å²) in [5, 5.41) is 1.78. The topological polar surface area (TPSA) is 36.1 Å². The molecule has 3 aromatic rings. The van der Waals surface area contributed by atoms with Gasteiger partial charge in [-0.2, -0.15) is 0 Å². The average molecular weight is 337 g/mol. The third-order valence-corrected chi connectivity index (χ3v) is 5.69. The molecule has 4 heteroatoms. The van der Waals surface area contributed by atoms with E-state index in [9.17, 15) is 4.79 Å². The Kier molecular flexibility index (Phi) is 2.86. The van der Waals surface area contributed by atoms with Crippen molar-refractivity contribution in [3.63, 3.8) is 0 Å². The van der Waals surface area contributed by atoms with Crippen molar-refractivity contribution in [3.05, 3.63) is 64.8 Å². The van der Waals surface area contributed by atoms with Crippen molar-refractivity contribution in [1.29, 1.82) is 0 Å². The van der Waals surface area contributed by atoms with Gasteiger partial charge in [-0.05, 0) is 54.7 Å². The van der Waals surface area contributed by atoms with E-state index in [-0.39, 0.29) is 11.3 Å². The van der Waals surface area contributed by atoms with Gasteiger partial charge in [0.25, 0.3) is 0 Å². The molecule has 5 rings (SSSR count). The predicted octanol–water partition coefficient (Wildman–Crippen LogP) is 4.44. The van der Waals surface area contributed by atoms with E-state index < -0.39 is 0 Å². The molecule has 2 heterocycles. The average Bonchev–Trinajstić information content (AvgIpc) is 3.12. The molecule has 2 aliphatic rings. The van der Waals surface area contributed by atoms with Gasteiger partial charge >= 0.3 is 0 Å². The number of nitrogens with zero attached hydrogens (tertiary/aromatic N) is 1. The summed E-state index contributed by atoms with van der Waals surface area (Å²) in [6, 6.07) is 14.1. The van der Waals surface area contributed by atoms with Crippen LogP contribution in [0.25, 0.3) is 10.9 Å². The number of carbonyl (C=O) groups is 1. The number of aromatic nitrogens is 1. The first kappa shape index (κ1) is 14.1. The highest BCUT2D eigenvalue weighted by atomic mass is 35.5. The van der Waals surface area contributed by atoms with Crippen LogP contribution in [0.4, 0.5) is 5.69 Å². The first-order chi connectivity index (χ1) is 11.7. The van der Waals surface area contributed by atoms with Gasteiger partial charge in [0.1, 0.15) is 0 Å². The maximum absolute atomic E-state index is 13.4. The molecule has 2 aromatic carbocycles. The zero-order valence-corrected chi connectivity index (χ0v) is 13.9. The number of nitrogens with one attached hydrogen (secondary N) is 1. The van der Waals surface area contributed by atoms with Crippen molar-refractivity contribution in [2.75, 3.05) is 11.4 Å².